The fraction of sp³-hybridized carbons (Fsp3) is 0.353. The van der Waals surface area contributed by atoms with Gasteiger partial charge in [-0.15, -0.1) is 0 Å². The van der Waals surface area contributed by atoms with Gasteiger partial charge in [-0.1, -0.05) is 41.9 Å². The van der Waals surface area contributed by atoms with E-state index in [1.54, 1.807) is 12.3 Å². The van der Waals surface area contributed by atoms with Crippen LogP contribution in [-0.4, -0.2) is 24.4 Å². The Balaban J connectivity index is 1.79. The van der Waals surface area contributed by atoms with Crippen molar-refractivity contribution in [3.63, 3.8) is 0 Å². The average Bonchev–Trinajstić information content (AvgIpc) is 2.45. The van der Waals surface area contributed by atoms with E-state index in [-0.39, 0.29) is 23.7 Å². The molecule has 2 rings (SSSR count). The second kappa shape index (κ2) is 7.55. The number of allylic oxidation sites excluding steroid dienone is 2. The molecule has 2 N–H and O–H groups in total. The van der Waals surface area contributed by atoms with Crippen molar-refractivity contribution in [2.75, 3.05) is 6.54 Å². The van der Waals surface area contributed by atoms with Gasteiger partial charge in [-0.05, 0) is 29.5 Å². The zero-order valence-electron chi connectivity index (χ0n) is 13.2. The lowest BCUT2D eigenvalue weighted by atomic mass is 9.79. The van der Waals surface area contributed by atoms with Gasteiger partial charge in [-0.2, -0.15) is 5.10 Å². The summed E-state index contributed by atoms with van der Waals surface area (Å²) in [6, 6.07) is 7.58. The van der Waals surface area contributed by atoms with Crippen LogP contribution in [-0.2, 0) is 9.59 Å². The third kappa shape index (κ3) is 5.98. The first-order valence-corrected chi connectivity index (χ1v) is 8.18. The Bertz CT molecular complexity index is 648. The van der Waals surface area contributed by atoms with Crippen LogP contribution in [0.4, 0.5) is 0 Å². The Morgan fingerprint density at radius 3 is 2.65 bits per heavy atom. The maximum atomic E-state index is 11.8. The van der Waals surface area contributed by atoms with Crippen molar-refractivity contribution >= 4 is 33.8 Å². The summed E-state index contributed by atoms with van der Waals surface area (Å²) in [6.07, 6.45) is 4.47. The van der Waals surface area contributed by atoms with E-state index in [9.17, 15) is 9.59 Å². The highest BCUT2D eigenvalue weighted by molar-refractivity contribution is 9.10. The van der Waals surface area contributed by atoms with E-state index >= 15 is 0 Å². The van der Waals surface area contributed by atoms with Gasteiger partial charge in [-0.25, -0.2) is 5.43 Å². The van der Waals surface area contributed by atoms with Gasteiger partial charge >= 0.3 is 0 Å². The van der Waals surface area contributed by atoms with E-state index in [2.05, 4.69) is 31.8 Å². The van der Waals surface area contributed by atoms with Crippen LogP contribution in [0.3, 0.4) is 0 Å². The van der Waals surface area contributed by atoms with Crippen LogP contribution in [0.15, 0.2) is 45.6 Å². The molecule has 0 spiro atoms. The van der Waals surface area contributed by atoms with Crippen LogP contribution in [0, 0.1) is 5.41 Å². The van der Waals surface area contributed by atoms with Crippen molar-refractivity contribution in [1.82, 2.24) is 10.7 Å². The van der Waals surface area contributed by atoms with Gasteiger partial charge in [0.1, 0.15) is 0 Å². The Hall–Kier alpha value is -1.95. The molecule has 122 valence electrons. The second-order valence-corrected chi connectivity index (χ2v) is 7.27. The van der Waals surface area contributed by atoms with Gasteiger partial charge in [0, 0.05) is 22.7 Å². The van der Waals surface area contributed by atoms with E-state index in [4.69, 9.17) is 0 Å². The molecule has 23 heavy (non-hydrogen) atoms. The van der Waals surface area contributed by atoms with Gasteiger partial charge in [0.25, 0.3) is 5.91 Å². The molecule has 0 aliphatic heterocycles. The fourth-order valence-electron chi connectivity index (χ4n) is 2.42. The number of halogens is 1. The topological polar surface area (TPSA) is 70.6 Å². The van der Waals surface area contributed by atoms with Gasteiger partial charge in [0.15, 0.2) is 5.78 Å². The number of carbonyl (C=O) groups is 2. The molecule has 0 heterocycles. The highest BCUT2D eigenvalue weighted by atomic mass is 79.9. The molecule has 0 saturated heterocycles. The molecule has 1 aliphatic rings. The summed E-state index contributed by atoms with van der Waals surface area (Å²) in [5.74, 6) is -0.160. The summed E-state index contributed by atoms with van der Waals surface area (Å²) in [7, 11) is 0. The quantitative estimate of drug-likeness (QED) is 0.612. The molecule has 0 atom stereocenters. The number of nitrogens with one attached hydrogen (secondary N) is 2. The van der Waals surface area contributed by atoms with Crippen molar-refractivity contribution in [3.05, 3.63) is 46.1 Å². The maximum absolute atomic E-state index is 11.8. The van der Waals surface area contributed by atoms with Crippen molar-refractivity contribution in [2.24, 2.45) is 10.5 Å². The zero-order valence-corrected chi connectivity index (χ0v) is 14.8. The predicted molar refractivity (Wildman–Crippen MR) is 94.0 cm³/mol. The zero-order chi connectivity index (χ0) is 16.9. The molecule has 1 aromatic rings. The van der Waals surface area contributed by atoms with Crippen LogP contribution in [0.2, 0.25) is 0 Å². The molecule has 5 nitrogen and oxygen atoms in total. The second-order valence-electron chi connectivity index (χ2n) is 6.35. The highest BCUT2D eigenvalue weighted by Gasteiger charge is 2.27. The molecule has 0 unspecified atom stereocenters. The minimum absolute atomic E-state index is 0.0651. The molecule has 1 amide bonds. The fourth-order valence-corrected chi connectivity index (χ4v) is 2.68. The number of rotatable bonds is 5. The standard InChI is InChI=1S/C17H20BrN3O2/c1-17(2)8-14(7-15(22)9-17)19-11-16(23)21-20-10-12-3-5-13(18)6-4-12/h3-7,10,19H,8-9,11H2,1-2H3,(H,21,23)/b20-10-. The lowest BCUT2D eigenvalue weighted by molar-refractivity contribution is -0.120. The van der Waals surface area contributed by atoms with Gasteiger partial charge in [0.2, 0.25) is 0 Å². The first-order valence-electron chi connectivity index (χ1n) is 7.39. The van der Waals surface area contributed by atoms with E-state index in [1.165, 1.54) is 0 Å². The van der Waals surface area contributed by atoms with E-state index < -0.39 is 0 Å². The number of ketones is 1. The van der Waals surface area contributed by atoms with Crippen LogP contribution in [0.25, 0.3) is 0 Å². The minimum Gasteiger partial charge on any atom is -0.379 e. The van der Waals surface area contributed by atoms with Crippen molar-refractivity contribution in [1.29, 1.82) is 0 Å². The highest BCUT2D eigenvalue weighted by Crippen LogP contribution is 2.32. The number of nitrogens with zero attached hydrogens (tertiary/aromatic N) is 1. The maximum Gasteiger partial charge on any atom is 0.259 e. The summed E-state index contributed by atoms with van der Waals surface area (Å²) in [6.45, 7) is 4.18. The number of hydrogen-bond acceptors (Lipinski definition) is 4. The van der Waals surface area contributed by atoms with Gasteiger partial charge < -0.3 is 5.32 Å². The molecule has 1 aliphatic carbocycles. The van der Waals surface area contributed by atoms with Crippen LogP contribution >= 0.6 is 15.9 Å². The largest absolute Gasteiger partial charge is 0.379 e. The monoisotopic (exact) mass is 377 g/mol. The molecule has 6 heteroatoms. The molecule has 0 fully saturated rings. The summed E-state index contributed by atoms with van der Waals surface area (Å²) in [4.78, 5) is 23.4. The smallest absolute Gasteiger partial charge is 0.259 e. The molecule has 0 radical (unpaired) electrons. The van der Waals surface area contributed by atoms with Gasteiger partial charge in [-0.3, -0.25) is 9.59 Å². The lowest BCUT2D eigenvalue weighted by Gasteiger charge is -2.29. The van der Waals surface area contributed by atoms with E-state index in [0.717, 1.165) is 22.2 Å². The summed E-state index contributed by atoms with van der Waals surface area (Å²) < 4.78 is 0.987. The van der Waals surface area contributed by atoms with Crippen LogP contribution in [0.5, 0.6) is 0 Å². The third-order valence-electron chi connectivity index (χ3n) is 3.41. The molecule has 0 saturated carbocycles. The van der Waals surface area contributed by atoms with Gasteiger partial charge in [0.05, 0.1) is 12.8 Å². The van der Waals surface area contributed by atoms with Crippen molar-refractivity contribution in [3.8, 4) is 0 Å². The van der Waals surface area contributed by atoms with Crippen molar-refractivity contribution < 1.29 is 9.59 Å². The molecular formula is C17H20BrN3O2. The first-order chi connectivity index (χ1) is 10.8. The molecular weight excluding hydrogens is 358 g/mol. The summed E-state index contributed by atoms with van der Waals surface area (Å²) in [5.41, 5.74) is 4.09. The van der Waals surface area contributed by atoms with E-state index in [1.807, 2.05) is 38.1 Å². The number of carbonyl (C=O) groups excluding carboxylic acids is 2. The third-order valence-corrected chi connectivity index (χ3v) is 3.93. The van der Waals surface area contributed by atoms with Crippen molar-refractivity contribution in [2.45, 2.75) is 26.7 Å². The van der Waals surface area contributed by atoms with E-state index in [0.29, 0.717) is 6.42 Å². The summed E-state index contributed by atoms with van der Waals surface area (Å²) in [5, 5.41) is 6.92. The lowest BCUT2D eigenvalue weighted by Crippen LogP contribution is -2.34. The van der Waals surface area contributed by atoms with Crippen LogP contribution < -0.4 is 10.7 Å². The summed E-state index contributed by atoms with van der Waals surface area (Å²) >= 11 is 3.36. The Morgan fingerprint density at radius 2 is 2.00 bits per heavy atom. The minimum atomic E-state index is -0.255. The predicted octanol–water partition coefficient (Wildman–Crippen LogP) is 2.76. The SMILES string of the molecule is CC1(C)CC(=O)C=C(NCC(=O)N/N=C\c2ccc(Br)cc2)C1. The average molecular weight is 378 g/mol. The number of hydrazone groups is 1. The number of amides is 1. The Kier molecular flexibility index (Phi) is 5.71. The first kappa shape index (κ1) is 17.4. The normalized spacial score (nSPS) is 17.0. The molecule has 1 aromatic carbocycles. The number of benzene rings is 1. The molecule has 0 aromatic heterocycles. The van der Waals surface area contributed by atoms with Crippen LogP contribution in [0.1, 0.15) is 32.3 Å². The Labute approximate surface area is 144 Å². The Morgan fingerprint density at radius 1 is 1.30 bits per heavy atom. The molecule has 0 bridgehead atoms. The number of hydrogen-bond donors (Lipinski definition) is 2.